The molecule has 2 amide bonds. The number of carboxylic acid groups (broad SMARTS) is 1. The molecule has 1 atom stereocenters. The van der Waals surface area contributed by atoms with Gasteiger partial charge in [-0.3, -0.25) is 15.0 Å². The first-order valence-electron chi connectivity index (χ1n) is 12.2. The summed E-state index contributed by atoms with van der Waals surface area (Å²) in [6, 6.07) is 16.3. The van der Waals surface area contributed by atoms with Crippen LogP contribution in [0.3, 0.4) is 0 Å². The van der Waals surface area contributed by atoms with Gasteiger partial charge in [0.25, 0.3) is 5.91 Å². The fourth-order valence-corrected chi connectivity index (χ4v) is 4.36. The first kappa shape index (κ1) is 30.2. The molecule has 0 saturated carbocycles. The number of anilines is 1. The number of morpholine rings is 1. The Morgan fingerprint density at radius 3 is 2.08 bits per heavy atom. The predicted octanol–water partition coefficient (Wildman–Crippen LogP) is 4.59. The van der Waals surface area contributed by atoms with Crippen molar-refractivity contribution in [3.8, 4) is 0 Å². The second-order valence-corrected chi connectivity index (χ2v) is 9.27. The molecule has 9 nitrogen and oxygen atoms in total. The van der Waals surface area contributed by atoms with Crippen molar-refractivity contribution in [1.29, 1.82) is 0 Å². The summed E-state index contributed by atoms with van der Waals surface area (Å²) in [7, 11) is 0. The van der Waals surface area contributed by atoms with E-state index in [4.69, 9.17) is 31.0 Å². The van der Waals surface area contributed by atoms with Gasteiger partial charge in [-0.05, 0) is 37.1 Å². The van der Waals surface area contributed by atoms with Gasteiger partial charge in [0, 0.05) is 48.5 Å². The normalized spacial score (nSPS) is 17.4. The van der Waals surface area contributed by atoms with Crippen LogP contribution < -0.4 is 5.32 Å². The number of benzene rings is 2. The van der Waals surface area contributed by atoms with Crippen molar-refractivity contribution in [3.05, 3.63) is 65.2 Å². The molecule has 2 fully saturated rings. The lowest BCUT2D eigenvalue weighted by Crippen LogP contribution is -2.51. The molecule has 0 aliphatic carbocycles. The van der Waals surface area contributed by atoms with Gasteiger partial charge in [-0.15, -0.1) is 0 Å². The van der Waals surface area contributed by atoms with Gasteiger partial charge in [0.2, 0.25) is 6.10 Å². The Morgan fingerprint density at radius 1 is 0.974 bits per heavy atom. The summed E-state index contributed by atoms with van der Waals surface area (Å²) in [5, 5.41) is 10.4. The van der Waals surface area contributed by atoms with E-state index >= 15 is 0 Å². The van der Waals surface area contributed by atoms with E-state index in [1.54, 1.807) is 36.4 Å². The summed E-state index contributed by atoms with van der Waals surface area (Å²) in [5.74, 6) is -2.95. The number of hydrogen-bond donors (Lipinski definition) is 2. The predicted molar refractivity (Wildman–Crippen MR) is 136 cm³/mol. The van der Waals surface area contributed by atoms with E-state index in [2.05, 4.69) is 10.2 Å². The van der Waals surface area contributed by atoms with Crippen LogP contribution >= 0.6 is 11.6 Å². The number of hydrogen-bond acceptors (Lipinski definition) is 6. The number of carbonyl (C=O) groups excluding carboxylic acids is 2. The molecule has 0 unspecified atom stereocenters. The number of carboxylic acids is 1. The number of piperidine rings is 1. The number of carbonyl (C=O) groups is 3. The number of rotatable bonds is 5. The molecule has 2 aromatic carbocycles. The number of amides is 2. The van der Waals surface area contributed by atoms with Crippen molar-refractivity contribution in [2.45, 2.75) is 31.2 Å². The molecule has 0 aromatic heterocycles. The Bertz CT molecular complexity index is 1090. The van der Waals surface area contributed by atoms with Crippen LogP contribution in [-0.4, -0.2) is 84.5 Å². The molecule has 0 radical (unpaired) electrons. The van der Waals surface area contributed by atoms with E-state index < -0.39 is 24.3 Å². The number of halogens is 4. The zero-order valence-electron chi connectivity index (χ0n) is 20.9. The highest BCUT2D eigenvalue weighted by molar-refractivity contribution is 6.30. The summed E-state index contributed by atoms with van der Waals surface area (Å²) in [4.78, 5) is 39.1. The molecular weight excluding hydrogens is 543 g/mol. The van der Waals surface area contributed by atoms with E-state index in [0.717, 1.165) is 39.1 Å². The Kier molecular flexibility index (Phi) is 11.0. The molecular formula is C26H29ClF3N3O6. The van der Waals surface area contributed by atoms with Gasteiger partial charge in [0.1, 0.15) is 0 Å². The minimum atomic E-state index is -5.08. The maximum absolute atomic E-state index is 13.4. The number of ether oxygens (including phenoxy) is 2. The smallest absolute Gasteiger partial charge is 0.475 e. The maximum Gasteiger partial charge on any atom is 0.490 e. The molecule has 39 heavy (non-hydrogen) atoms. The van der Waals surface area contributed by atoms with Crippen molar-refractivity contribution in [1.82, 2.24) is 9.80 Å². The van der Waals surface area contributed by atoms with E-state index in [1.807, 2.05) is 23.1 Å². The molecule has 2 aliphatic heterocycles. The molecule has 2 N–H and O–H groups in total. The second-order valence-electron chi connectivity index (χ2n) is 8.84. The lowest BCUT2D eigenvalue weighted by molar-refractivity contribution is -0.192. The van der Waals surface area contributed by atoms with Crippen molar-refractivity contribution in [2.75, 3.05) is 44.7 Å². The van der Waals surface area contributed by atoms with Crippen LogP contribution in [0, 0.1) is 0 Å². The third-order valence-electron chi connectivity index (χ3n) is 6.22. The molecule has 2 saturated heterocycles. The van der Waals surface area contributed by atoms with Crippen LogP contribution in [0.15, 0.2) is 54.6 Å². The number of aliphatic carboxylic acids is 1. The average Bonchev–Trinajstić information content (AvgIpc) is 2.93. The summed E-state index contributed by atoms with van der Waals surface area (Å²) >= 11 is 5.90. The Morgan fingerprint density at radius 2 is 1.54 bits per heavy atom. The van der Waals surface area contributed by atoms with E-state index in [1.165, 1.54) is 0 Å². The van der Waals surface area contributed by atoms with Gasteiger partial charge in [0.15, 0.2) is 0 Å². The van der Waals surface area contributed by atoms with Gasteiger partial charge in [-0.2, -0.15) is 13.2 Å². The summed E-state index contributed by atoms with van der Waals surface area (Å²) in [5.41, 5.74) is 1.20. The summed E-state index contributed by atoms with van der Waals surface area (Å²) in [6.45, 7) is 4.72. The molecule has 0 spiro atoms. The third-order valence-corrected chi connectivity index (χ3v) is 6.47. The molecule has 2 aliphatic rings. The Hall–Kier alpha value is -3.35. The van der Waals surface area contributed by atoms with Crippen molar-refractivity contribution in [3.63, 3.8) is 0 Å². The largest absolute Gasteiger partial charge is 0.490 e. The number of alkyl halides is 3. The highest BCUT2D eigenvalue weighted by Gasteiger charge is 2.38. The van der Waals surface area contributed by atoms with Crippen LogP contribution in [-0.2, 0) is 19.1 Å². The monoisotopic (exact) mass is 571 g/mol. The van der Waals surface area contributed by atoms with Crippen LogP contribution in [0.25, 0.3) is 0 Å². The SMILES string of the molecule is O=C(Nc1ccc(Cl)cc1)O[C@@H](C(=O)N1CCC(N2CCOCC2)CC1)c1ccccc1.O=C(O)C(F)(F)F. The van der Waals surface area contributed by atoms with E-state index in [0.29, 0.717) is 35.4 Å². The minimum Gasteiger partial charge on any atom is -0.475 e. The van der Waals surface area contributed by atoms with Gasteiger partial charge < -0.3 is 19.5 Å². The third kappa shape index (κ3) is 9.41. The minimum absolute atomic E-state index is 0.192. The van der Waals surface area contributed by atoms with Gasteiger partial charge in [-0.1, -0.05) is 41.9 Å². The quantitative estimate of drug-likeness (QED) is 0.540. The van der Waals surface area contributed by atoms with Gasteiger partial charge >= 0.3 is 18.2 Å². The number of nitrogens with one attached hydrogen (secondary N) is 1. The Balaban J connectivity index is 0.000000532. The highest BCUT2D eigenvalue weighted by atomic mass is 35.5. The number of likely N-dealkylation sites (tertiary alicyclic amines) is 1. The topological polar surface area (TPSA) is 108 Å². The maximum atomic E-state index is 13.4. The number of nitrogens with zero attached hydrogens (tertiary/aromatic N) is 2. The van der Waals surface area contributed by atoms with Crippen LogP contribution in [0.2, 0.25) is 5.02 Å². The van der Waals surface area contributed by atoms with Crippen LogP contribution in [0.4, 0.5) is 23.7 Å². The van der Waals surface area contributed by atoms with Gasteiger partial charge in [-0.25, -0.2) is 9.59 Å². The van der Waals surface area contributed by atoms with Crippen molar-refractivity contribution >= 4 is 35.3 Å². The fraction of sp³-hybridized carbons (Fsp3) is 0.423. The van der Waals surface area contributed by atoms with E-state index in [9.17, 15) is 22.8 Å². The molecule has 212 valence electrons. The molecule has 2 aromatic rings. The van der Waals surface area contributed by atoms with Crippen molar-refractivity contribution in [2.24, 2.45) is 0 Å². The Labute approximate surface area is 228 Å². The van der Waals surface area contributed by atoms with Crippen LogP contribution in [0.1, 0.15) is 24.5 Å². The standard InChI is InChI=1S/C24H28ClN3O4.C2HF3O2/c25-19-6-8-20(9-7-19)26-24(30)32-22(18-4-2-1-3-5-18)23(29)28-12-10-21(11-13-28)27-14-16-31-17-15-27;3-2(4,5)1(6)7/h1-9,21-22H,10-17H2,(H,26,30);(H,6,7)/t22-;/m1./s1. The van der Waals surface area contributed by atoms with Crippen LogP contribution in [0.5, 0.6) is 0 Å². The molecule has 13 heteroatoms. The zero-order valence-corrected chi connectivity index (χ0v) is 21.7. The summed E-state index contributed by atoms with van der Waals surface area (Å²) in [6.07, 6.45) is -4.95. The molecule has 4 rings (SSSR count). The average molecular weight is 572 g/mol. The first-order valence-corrected chi connectivity index (χ1v) is 12.6. The second kappa shape index (κ2) is 14.2. The van der Waals surface area contributed by atoms with Crippen molar-refractivity contribution < 1.29 is 42.1 Å². The lowest BCUT2D eigenvalue weighted by Gasteiger charge is -2.40. The summed E-state index contributed by atoms with van der Waals surface area (Å²) < 4.78 is 42.8. The first-order chi connectivity index (χ1) is 18.5. The van der Waals surface area contributed by atoms with Gasteiger partial charge in [0.05, 0.1) is 13.2 Å². The molecule has 0 bridgehead atoms. The fourth-order valence-electron chi connectivity index (χ4n) is 4.24. The lowest BCUT2D eigenvalue weighted by atomic mass is 10.0. The van der Waals surface area contributed by atoms with E-state index in [-0.39, 0.29) is 5.91 Å². The molecule has 2 heterocycles. The highest BCUT2D eigenvalue weighted by Crippen LogP contribution is 2.25. The zero-order chi connectivity index (χ0) is 28.4.